The molecule has 0 aliphatic carbocycles. The minimum absolute atomic E-state index is 0.230. The van der Waals surface area contributed by atoms with Gasteiger partial charge in [-0.15, -0.1) is 0 Å². The lowest BCUT2D eigenvalue weighted by molar-refractivity contribution is -0.305. The molecule has 13 heavy (non-hydrogen) atoms. The molecule has 1 aliphatic heterocycles. The van der Waals surface area contributed by atoms with E-state index in [0.29, 0.717) is 18.8 Å². The highest BCUT2D eigenvalue weighted by molar-refractivity contribution is 5.95. The van der Waals surface area contributed by atoms with Gasteiger partial charge in [0.05, 0.1) is 12.5 Å². The molecule has 0 atom stereocenters. The quantitative estimate of drug-likeness (QED) is 0.553. The van der Waals surface area contributed by atoms with Crippen LogP contribution in [-0.4, -0.2) is 35.8 Å². The van der Waals surface area contributed by atoms with Crippen molar-refractivity contribution in [2.24, 2.45) is 10.7 Å². The van der Waals surface area contributed by atoms with Crippen LogP contribution in [0, 0.1) is 0 Å². The predicted octanol–water partition coefficient (Wildman–Crippen LogP) is -1.69. The maximum Gasteiger partial charge on any atom is 0.339 e. The standard InChI is InChI=1S/C7H11N3O3/c8-7(13)9-5-2-1-3-10(5)4-6(11)12/h1-4H2,(H2,8,13)(H,11,12)/p-1. The molecule has 0 bridgehead atoms. The summed E-state index contributed by atoms with van der Waals surface area (Å²) in [6, 6.07) is -0.791. The molecule has 1 saturated heterocycles. The molecule has 72 valence electrons. The van der Waals surface area contributed by atoms with Gasteiger partial charge < -0.3 is 20.5 Å². The van der Waals surface area contributed by atoms with Crippen molar-refractivity contribution in [1.82, 2.24) is 4.90 Å². The molecule has 1 aliphatic rings. The Labute approximate surface area is 75.0 Å². The minimum atomic E-state index is -1.18. The molecule has 2 N–H and O–H groups in total. The molecule has 6 nitrogen and oxygen atoms in total. The molecular formula is C7H10N3O3-. The zero-order valence-electron chi connectivity index (χ0n) is 7.02. The molecule has 1 heterocycles. The number of aliphatic carboxylic acids is 1. The number of rotatable bonds is 2. The van der Waals surface area contributed by atoms with Gasteiger partial charge in [0.25, 0.3) is 0 Å². The zero-order chi connectivity index (χ0) is 9.84. The van der Waals surface area contributed by atoms with Crippen molar-refractivity contribution in [3.63, 3.8) is 0 Å². The molecule has 0 aromatic heterocycles. The highest BCUT2D eigenvalue weighted by atomic mass is 16.4. The molecule has 0 aromatic rings. The molecular weight excluding hydrogens is 174 g/mol. The van der Waals surface area contributed by atoms with Gasteiger partial charge in [-0.3, -0.25) is 0 Å². The first-order chi connectivity index (χ1) is 6.09. The summed E-state index contributed by atoms with van der Waals surface area (Å²) < 4.78 is 0. The number of nitrogens with zero attached hydrogens (tertiary/aromatic N) is 2. The number of carboxylic acid groups (broad SMARTS) is 1. The number of primary amides is 1. The highest BCUT2D eigenvalue weighted by Gasteiger charge is 2.18. The Kier molecular flexibility index (Phi) is 2.84. The van der Waals surface area contributed by atoms with Crippen molar-refractivity contribution < 1.29 is 14.7 Å². The van der Waals surface area contributed by atoms with E-state index in [1.54, 1.807) is 0 Å². The van der Waals surface area contributed by atoms with Gasteiger partial charge in [0.1, 0.15) is 5.84 Å². The van der Waals surface area contributed by atoms with E-state index in [4.69, 9.17) is 5.73 Å². The second kappa shape index (κ2) is 3.88. The molecule has 1 fully saturated rings. The maximum atomic E-state index is 10.4. The average molecular weight is 184 g/mol. The third-order valence-electron chi connectivity index (χ3n) is 1.75. The molecule has 0 saturated carbocycles. The number of carbonyl (C=O) groups excluding carboxylic acids is 2. The topological polar surface area (TPSA) is 98.8 Å². The number of carbonyl (C=O) groups is 2. The van der Waals surface area contributed by atoms with Crippen LogP contribution in [0.3, 0.4) is 0 Å². The monoisotopic (exact) mass is 184 g/mol. The summed E-state index contributed by atoms with van der Waals surface area (Å²) in [6.45, 7) is 0.353. The van der Waals surface area contributed by atoms with Gasteiger partial charge in [0.15, 0.2) is 0 Å². The third-order valence-corrected chi connectivity index (χ3v) is 1.75. The van der Waals surface area contributed by atoms with Crippen LogP contribution < -0.4 is 10.8 Å². The molecule has 1 rings (SSSR count). The van der Waals surface area contributed by atoms with Crippen LogP contribution in [-0.2, 0) is 4.79 Å². The number of nitrogens with two attached hydrogens (primary N) is 1. The summed E-state index contributed by atoms with van der Waals surface area (Å²) in [6.07, 6.45) is 1.38. The van der Waals surface area contributed by atoms with Crippen molar-refractivity contribution in [2.75, 3.05) is 13.1 Å². The number of amides is 2. The molecule has 0 aromatic carbocycles. The maximum absolute atomic E-state index is 10.4. The Hall–Kier alpha value is -1.59. The van der Waals surface area contributed by atoms with Gasteiger partial charge in [-0.2, -0.15) is 4.99 Å². The molecule has 0 unspecified atom stereocenters. The number of likely N-dealkylation sites (tertiary alicyclic amines) is 1. The number of carboxylic acids is 1. The van der Waals surface area contributed by atoms with Crippen molar-refractivity contribution in [3.8, 4) is 0 Å². The molecule has 6 heteroatoms. The van der Waals surface area contributed by atoms with E-state index in [2.05, 4.69) is 4.99 Å². The third kappa shape index (κ3) is 2.73. The molecule has 2 amide bonds. The first kappa shape index (κ1) is 9.50. The lowest BCUT2D eigenvalue weighted by atomic mass is 10.4. The van der Waals surface area contributed by atoms with Crippen molar-refractivity contribution in [1.29, 1.82) is 0 Å². The Morgan fingerprint density at radius 2 is 2.31 bits per heavy atom. The Morgan fingerprint density at radius 1 is 1.62 bits per heavy atom. The highest BCUT2D eigenvalue weighted by Crippen LogP contribution is 2.10. The van der Waals surface area contributed by atoms with Crippen LogP contribution in [0.2, 0.25) is 0 Å². The lowest BCUT2D eigenvalue weighted by Gasteiger charge is -2.18. The van der Waals surface area contributed by atoms with Crippen LogP contribution >= 0.6 is 0 Å². The van der Waals surface area contributed by atoms with Gasteiger partial charge in [0, 0.05) is 13.0 Å². The van der Waals surface area contributed by atoms with Crippen molar-refractivity contribution >= 4 is 17.8 Å². The molecule has 0 spiro atoms. The van der Waals surface area contributed by atoms with Crippen molar-refractivity contribution in [2.45, 2.75) is 12.8 Å². The van der Waals surface area contributed by atoms with Crippen LogP contribution in [0.1, 0.15) is 12.8 Å². The lowest BCUT2D eigenvalue weighted by Crippen LogP contribution is -2.39. The Balaban J connectivity index is 2.63. The van der Waals surface area contributed by atoms with E-state index in [1.807, 2.05) is 0 Å². The van der Waals surface area contributed by atoms with Gasteiger partial charge >= 0.3 is 6.03 Å². The Morgan fingerprint density at radius 3 is 2.85 bits per heavy atom. The summed E-state index contributed by atoms with van der Waals surface area (Å²) in [5.41, 5.74) is 4.85. The number of aliphatic imine (C=N–C) groups is 1. The largest absolute Gasteiger partial charge is 0.548 e. The van der Waals surface area contributed by atoms with Gasteiger partial charge in [0.2, 0.25) is 0 Å². The second-order valence-corrected chi connectivity index (χ2v) is 2.76. The fourth-order valence-electron chi connectivity index (χ4n) is 1.30. The van der Waals surface area contributed by atoms with Gasteiger partial charge in [-0.05, 0) is 6.42 Å². The summed E-state index contributed by atoms with van der Waals surface area (Å²) in [7, 11) is 0. The van der Waals surface area contributed by atoms with Gasteiger partial charge in [-0.25, -0.2) is 4.79 Å². The predicted molar refractivity (Wildman–Crippen MR) is 42.8 cm³/mol. The number of hydrogen-bond acceptors (Lipinski definition) is 3. The van der Waals surface area contributed by atoms with Crippen LogP contribution in [0.25, 0.3) is 0 Å². The molecule has 0 radical (unpaired) electrons. The van der Waals surface area contributed by atoms with E-state index in [9.17, 15) is 14.7 Å². The summed E-state index contributed by atoms with van der Waals surface area (Å²) >= 11 is 0. The van der Waals surface area contributed by atoms with Crippen LogP contribution in [0.5, 0.6) is 0 Å². The summed E-state index contributed by atoms with van der Waals surface area (Å²) in [5, 5.41) is 10.3. The van der Waals surface area contributed by atoms with Crippen molar-refractivity contribution in [3.05, 3.63) is 0 Å². The van der Waals surface area contributed by atoms with Crippen LogP contribution in [0.4, 0.5) is 4.79 Å². The number of amidine groups is 1. The SMILES string of the molecule is NC(=O)N=C1CCCN1CC(=O)[O-]. The fraction of sp³-hybridized carbons (Fsp3) is 0.571. The van der Waals surface area contributed by atoms with Crippen LogP contribution in [0.15, 0.2) is 4.99 Å². The van der Waals surface area contributed by atoms with E-state index in [1.165, 1.54) is 4.90 Å². The van der Waals surface area contributed by atoms with E-state index in [-0.39, 0.29) is 6.54 Å². The van der Waals surface area contributed by atoms with E-state index in [0.717, 1.165) is 6.42 Å². The summed E-state index contributed by atoms with van der Waals surface area (Å²) in [5.74, 6) is -0.740. The minimum Gasteiger partial charge on any atom is -0.548 e. The second-order valence-electron chi connectivity index (χ2n) is 2.76. The first-order valence-electron chi connectivity index (χ1n) is 3.91. The number of hydrogen-bond donors (Lipinski definition) is 1. The normalized spacial score (nSPS) is 19.4. The first-order valence-corrected chi connectivity index (χ1v) is 3.91. The fourth-order valence-corrected chi connectivity index (χ4v) is 1.30. The average Bonchev–Trinajstić information content (AvgIpc) is 2.34. The summed E-state index contributed by atoms with van der Waals surface area (Å²) in [4.78, 5) is 25.7. The zero-order valence-corrected chi connectivity index (χ0v) is 7.02. The van der Waals surface area contributed by atoms with E-state index >= 15 is 0 Å². The van der Waals surface area contributed by atoms with E-state index < -0.39 is 12.0 Å². The number of urea groups is 1. The Bertz CT molecular complexity index is 262. The smallest absolute Gasteiger partial charge is 0.339 e. The van der Waals surface area contributed by atoms with Gasteiger partial charge in [-0.1, -0.05) is 0 Å².